The average Bonchev–Trinajstić information content (AvgIpc) is 3.20. The number of anilines is 1. The topological polar surface area (TPSA) is 70.6 Å². The highest BCUT2D eigenvalue weighted by Crippen LogP contribution is 2.34. The lowest BCUT2D eigenvalue weighted by Crippen LogP contribution is -2.34. The van der Waals surface area contributed by atoms with Crippen LogP contribution in [0.4, 0.5) is 5.13 Å². The fourth-order valence-electron chi connectivity index (χ4n) is 3.41. The second kappa shape index (κ2) is 9.46. The molecule has 0 bridgehead atoms. The van der Waals surface area contributed by atoms with Crippen LogP contribution in [0.1, 0.15) is 34.8 Å². The lowest BCUT2D eigenvalue weighted by atomic mass is 10.1. The lowest BCUT2D eigenvalue weighted by Gasteiger charge is -2.22. The molecule has 0 N–H and O–H groups in total. The van der Waals surface area contributed by atoms with Gasteiger partial charge < -0.3 is 4.90 Å². The second-order valence-electron chi connectivity index (χ2n) is 7.89. The third-order valence-electron chi connectivity index (χ3n) is 5.23. The fourth-order valence-corrected chi connectivity index (χ4v) is 5.63. The number of thiazole rings is 1. The van der Waals surface area contributed by atoms with E-state index in [1.807, 2.05) is 34.0 Å². The minimum Gasteiger partial charge on any atom is -0.309 e. The van der Waals surface area contributed by atoms with Gasteiger partial charge >= 0.3 is 0 Å². The molecule has 166 valence electrons. The van der Waals surface area contributed by atoms with Crippen LogP contribution in [-0.4, -0.2) is 57.1 Å². The summed E-state index contributed by atoms with van der Waals surface area (Å²) in [5.74, 6) is -0.391. The molecule has 0 unspecified atom stereocenters. The van der Waals surface area contributed by atoms with Crippen LogP contribution in [-0.2, 0) is 9.84 Å². The van der Waals surface area contributed by atoms with Gasteiger partial charge in [-0.2, -0.15) is 0 Å². The zero-order valence-electron chi connectivity index (χ0n) is 18.7. The molecule has 1 heterocycles. The zero-order chi connectivity index (χ0) is 22.8. The van der Waals surface area contributed by atoms with Crippen LogP contribution in [0.25, 0.3) is 10.2 Å². The average molecular weight is 460 g/mol. The molecule has 0 saturated carbocycles. The van der Waals surface area contributed by atoms with Crippen molar-refractivity contribution in [3.05, 3.63) is 53.1 Å². The molecule has 0 spiro atoms. The fraction of sp³-hybridized carbons (Fsp3) is 0.391. The summed E-state index contributed by atoms with van der Waals surface area (Å²) in [5, 5.41) is 0.597. The number of aromatic nitrogens is 1. The molecule has 0 aliphatic carbocycles. The number of hydrogen-bond donors (Lipinski definition) is 0. The third-order valence-corrected chi connectivity index (χ3v) is 8.23. The zero-order valence-corrected chi connectivity index (χ0v) is 20.3. The van der Waals surface area contributed by atoms with Crippen molar-refractivity contribution in [3.8, 4) is 0 Å². The van der Waals surface area contributed by atoms with Gasteiger partial charge in [0, 0.05) is 6.54 Å². The molecule has 0 radical (unpaired) electrons. The summed E-state index contributed by atoms with van der Waals surface area (Å²) >= 11 is 1.48. The first-order valence-electron chi connectivity index (χ1n) is 10.3. The van der Waals surface area contributed by atoms with Gasteiger partial charge in [-0.25, -0.2) is 13.4 Å². The smallest absolute Gasteiger partial charge is 0.261 e. The van der Waals surface area contributed by atoms with E-state index in [2.05, 4.69) is 11.0 Å². The van der Waals surface area contributed by atoms with Crippen molar-refractivity contribution in [1.82, 2.24) is 9.88 Å². The SMILES string of the molecule is CCS(=O)(=O)c1ccccc1C(=O)N(CCCN(C)C)c1nc2c(C)ccc(C)c2s1. The summed E-state index contributed by atoms with van der Waals surface area (Å²) in [4.78, 5) is 22.2. The van der Waals surface area contributed by atoms with E-state index in [1.54, 1.807) is 30.0 Å². The maximum Gasteiger partial charge on any atom is 0.261 e. The highest BCUT2D eigenvalue weighted by molar-refractivity contribution is 7.91. The van der Waals surface area contributed by atoms with Crippen LogP contribution in [0, 0.1) is 13.8 Å². The number of aryl methyl sites for hydroxylation is 2. The molecule has 6 nitrogen and oxygen atoms in total. The number of amides is 1. The van der Waals surface area contributed by atoms with Crippen LogP contribution >= 0.6 is 11.3 Å². The Hall–Kier alpha value is -2.29. The highest BCUT2D eigenvalue weighted by atomic mass is 32.2. The van der Waals surface area contributed by atoms with Gasteiger partial charge in [-0.3, -0.25) is 9.69 Å². The minimum atomic E-state index is -3.53. The van der Waals surface area contributed by atoms with Crippen LogP contribution in [0.5, 0.6) is 0 Å². The van der Waals surface area contributed by atoms with Crippen molar-refractivity contribution < 1.29 is 13.2 Å². The number of nitrogens with zero attached hydrogens (tertiary/aromatic N) is 3. The predicted octanol–water partition coefficient (Wildman–Crippen LogP) is 4.31. The first kappa shape index (κ1) is 23.4. The monoisotopic (exact) mass is 459 g/mol. The molecule has 0 atom stereocenters. The first-order chi connectivity index (χ1) is 14.7. The van der Waals surface area contributed by atoms with Crippen molar-refractivity contribution in [2.45, 2.75) is 32.1 Å². The third kappa shape index (κ3) is 4.97. The molecule has 2 aromatic carbocycles. The summed E-state index contributed by atoms with van der Waals surface area (Å²) in [6, 6.07) is 10.5. The molecule has 31 heavy (non-hydrogen) atoms. The van der Waals surface area contributed by atoms with Crippen molar-refractivity contribution in [2.75, 3.05) is 37.8 Å². The normalized spacial score (nSPS) is 11.9. The largest absolute Gasteiger partial charge is 0.309 e. The number of benzene rings is 2. The lowest BCUT2D eigenvalue weighted by molar-refractivity contribution is 0.0983. The number of rotatable bonds is 8. The summed E-state index contributed by atoms with van der Waals surface area (Å²) in [7, 11) is 0.437. The van der Waals surface area contributed by atoms with Gasteiger partial charge in [-0.15, -0.1) is 0 Å². The Morgan fingerprint density at radius 2 is 1.71 bits per heavy atom. The van der Waals surface area contributed by atoms with Crippen molar-refractivity contribution in [3.63, 3.8) is 0 Å². The molecule has 0 fully saturated rings. The Morgan fingerprint density at radius 1 is 1.03 bits per heavy atom. The second-order valence-corrected chi connectivity index (χ2v) is 11.1. The minimum absolute atomic E-state index is 0.0581. The van der Waals surface area contributed by atoms with Gasteiger partial charge in [-0.1, -0.05) is 42.5 Å². The van der Waals surface area contributed by atoms with Crippen LogP contribution in [0.15, 0.2) is 41.3 Å². The van der Waals surface area contributed by atoms with Crippen molar-refractivity contribution in [2.24, 2.45) is 0 Å². The molecule has 1 amide bonds. The maximum absolute atomic E-state index is 13.7. The summed E-state index contributed by atoms with van der Waals surface area (Å²) in [5.41, 5.74) is 3.25. The molecule has 8 heteroatoms. The van der Waals surface area contributed by atoms with Gasteiger partial charge in [0.1, 0.15) is 0 Å². The van der Waals surface area contributed by atoms with E-state index in [9.17, 15) is 13.2 Å². The van der Waals surface area contributed by atoms with Gasteiger partial charge in [0.15, 0.2) is 15.0 Å². The molecule has 0 aliphatic rings. The Bertz CT molecular complexity index is 1160. The standard InChI is InChI=1S/C23H29N3O3S2/c1-6-31(28,29)19-11-8-7-10-18(19)22(27)26(15-9-14-25(4)5)23-24-20-16(2)12-13-17(3)21(20)30-23/h7-8,10-13H,6,9,14-15H2,1-5H3. The summed E-state index contributed by atoms with van der Waals surface area (Å²) in [6.45, 7) is 6.89. The van der Waals surface area contributed by atoms with E-state index in [0.29, 0.717) is 11.7 Å². The number of carbonyl (C=O) groups excluding carboxylic acids is 1. The Labute approximate surface area is 188 Å². The number of fused-ring (bicyclic) bond motifs is 1. The Morgan fingerprint density at radius 3 is 2.35 bits per heavy atom. The molecule has 0 saturated heterocycles. The van der Waals surface area contributed by atoms with Gasteiger partial charge in [0.05, 0.1) is 26.4 Å². The number of hydrogen-bond acceptors (Lipinski definition) is 6. The first-order valence-corrected chi connectivity index (χ1v) is 12.8. The molecule has 3 rings (SSSR count). The van der Waals surface area contributed by atoms with Crippen molar-refractivity contribution >= 4 is 42.4 Å². The van der Waals surface area contributed by atoms with E-state index in [4.69, 9.17) is 4.98 Å². The Balaban J connectivity index is 2.10. The number of carbonyl (C=O) groups is 1. The molecular weight excluding hydrogens is 430 g/mol. The quantitative estimate of drug-likeness (QED) is 0.502. The molecule has 1 aromatic heterocycles. The number of sulfone groups is 1. The highest BCUT2D eigenvalue weighted by Gasteiger charge is 2.27. The molecule has 3 aromatic rings. The summed E-state index contributed by atoms with van der Waals surface area (Å²) in [6.07, 6.45) is 0.745. The van der Waals surface area contributed by atoms with Crippen LogP contribution in [0.3, 0.4) is 0 Å². The van der Waals surface area contributed by atoms with E-state index in [-0.39, 0.29) is 22.1 Å². The van der Waals surface area contributed by atoms with Gasteiger partial charge in [0.2, 0.25) is 0 Å². The van der Waals surface area contributed by atoms with E-state index in [0.717, 1.165) is 34.3 Å². The van der Waals surface area contributed by atoms with E-state index >= 15 is 0 Å². The predicted molar refractivity (Wildman–Crippen MR) is 128 cm³/mol. The summed E-state index contributed by atoms with van der Waals surface area (Å²) < 4.78 is 26.3. The maximum atomic E-state index is 13.7. The molecular formula is C23H29N3O3S2. The van der Waals surface area contributed by atoms with Crippen LogP contribution in [0.2, 0.25) is 0 Å². The van der Waals surface area contributed by atoms with Gasteiger partial charge in [-0.05, 0) is 64.2 Å². The van der Waals surface area contributed by atoms with Crippen molar-refractivity contribution in [1.29, 1.82) is 0 Å². The van der Waals surface area contributed by atoms with Gasteiger partial charge in [0.25, 0.3) is 5.91 Å². The van der Waals surface area contributed by atoms with E-state index < -0.39 is 9.84 Å². The van der Waals surface area contributed by atoms with Crippen LogP contribution < -0.4 is 4.90 Å². The van der Waals surface area contributed by atoms with E-state index in [1.165, 1.54) is 17.4 Å². The Kier molecular flexibility index (Phi) is 7.13. The molecule has 0 aliphatic heterocycles.